The first-order valence-electron chi connectivity index (χ1n) is 4.68. The fourth-order valence-corrected chi connectivity index (χ4v) is 1.97. The molecule has 0 aromatic heterocycles. The third-order valence-corrected chi connectivity index (χ3v) is 3.04. The highest BCUT2D eigenvalue weighted by Crippen LogP contribution is 2.29. The second-order valence-electron chi connectivity index (χ2n) is 3.23. The van der Waals surface area contributed by atoms with Gasteiger partial charge in [0.05, 0.1) is 0 Å². The van der Waals surface area contributed by atoms with Crippen LogP contribution < -0.4 is 5.32 Å². The number of halogens is 3. The Hall–Kier alpha value is 0.0600. The van der Waals surface area contributed by atoms with Crippen molar-refractivity contribution in [2.75, 3.05) is 31.9 Å². The number of thioether (sulfide) groups is 1. The minimum Gasteiger partial charge on any atom is -0.314 e. The van der Waals surface area contributed by atoms with Crippen LogP contribution in [0.5, 0.6) is 0 Å². The maximum absolute atomic E-state index is 11.8. The second kappa shape index (κ2) is 5.23. The van der Waals surface area contributed by atoms with E-state index in [0.29, 0.717) is 12.6 Å². The zero-order chi connectivity index (χ0) is 10.6. The lowest BCUT2D eigenvalue weighted by Crippen LogP contribution is -2.57. The molecule has 14 heavy (non-hydrogen) atoms. The lowest BCUT2D eigenvalue weighted by Gasteiger charge is -2.37. The minimum atomic E-state index is -4.09. The van der Waals surface area contributed by atoms with Crippen LogP contribution in [0, 0.1) is 0 Å². The molecule has 1 heterocycles. The summed E-state index contributed by atoms with van der Waals surface area (Å²) < 4.78 is 35.5. The zero-order valence-electron chi connectivity index (χ0n) is 8.10. The Balaban J connectivity index is 2.14. The van der Waals surface area contributed by atoms with E-state index in [2.05, 4.69) is 10.2 Å². The Morgan fingerprint density at radius 1 is 1.43 bits per heavy atom. The molecule has 0 saturated carbocycles. The van der Waals surface area contributed by atoms with Crippen molar-refractivity contribution >= 4 is 11.8 Å². The van der Waals surface area contributed by atoms with Crippen molar-refractivity contribution in [1.82, 2.24) is 10.2 Å². The van der Waals surface area contributed by atoms with Crippen LogP contribution in [0.4, 0.5) is 13.2 Å². The van der Waals surface area contributed by atoms with Crippen molar-refractivity contribution in [3.05, 3.63) is 0 Å². The molecule has 0 atom stereocenters. The average molecular weight is 228 g/mol. The number of nitrogens with zero attached hydrogens (tertiary/aromatic N) is 1. The number of alkyl halides is 3. The van der Waals surface area contributed by atoms with Gasteiger partial charge in [0.15, 0.2) is 0 Å². The highest BCUT2D eigenvalue weighted by Gasteiger charge is 2.29. The molecule has 0 radical (unpaired) electrons. The molecule has 0 aromatic rings. The molecular formula is C8H15F3N2S. The normalized spacial score (nSPS) is 18.6. The van der Waals surface area contributed by atoms with E-state index in [9.17, 15) is 13.2 Å². The molecular weight excluding hydrogens is 213 g/mol. The van der Waals surface area contributed by atoms with E-state index in [-0.39, 0.29) is 17.5 Å². The highest BCUT2D eigenvalue weighted by molar-refractivity contribution is 8.00. The van der Waals surface area contributed by atoms with E-state index in [1.165, 1.54) is 0 Å². The highest BCUT2D eigenvalue weighted by atomic mass is 32.2. The minimum absolute atomic E-state index is 0.0672. The third kappa shape index (κ3) is 4.06. The van der Waals surface area contributed by atoms with Crippen molar-refractivity contribution in [2.45, 2.75) is 18.5 Å². The van der Waals surface area contributed by atoms with Gasteiger partial charge in [-0.25, -0.2) is 0 Å². The van der Waals surface area contributed by atoms with E-state index in [0.717, 1.165) is 19.6 Å². The summed E-state index contributed by atoms with van der Waals surface area (Å²) in [6.07, 6.45) is 0. The Bertz CT molecular complexity index is 170. The molecule has 0 spiro atoms. The average Bonchev–Trinajstić information content (AvgIpc) is 1.96. The summed E-state index contributed by atoms with van der Waals surface area (Å²) >= 11 is 0.0672. The number of hydrogen-bond donors (Lipinski definition) is 1. The monoisotopic (exact) mass is 228 g/mol. The van der Waals surface area contributed by atoms with Crippen LogP contribution in [0.1, 0.15) is 6.92 Å². The zero-order valence-corrected chi connectivity index (χ0v) is 8.92. The van der Waals surface area contributed by atoms with Crippen LogP contribution in [0.3, 0.4) is 0 Å². The van der Waals surface area contributed by atoms with Gasteiger partial charge in [0.1, 0.15) is 0 Å². The van der Waals surface area contributed by atoms with Gasteiger partial charge in [-0.05, 0) is 18.3 Å². The van der Waals surface area contributed by atoms with Gasteiger partial charge in [0, 0.05) is 31.4 Å². The summed E-state index contributed by atoms with van der Waals surface area (Å²) in [5.74, 6) is 0.133. The Kier molecular flexibility index (Phi) is 4.53. The van der Waals surface area contributed by atoms with E-state index < -0.39 is 5.51 Å². The molecule has 0 aromatic carbocycles. The SMILES string of the molecule is CCN(CCSC(F)(F)F)C1CNC1. The van der Waals surface area contributed by atoms with Crippen LogP contribution in [0.25, 0.3) is 0 Å². The largest absolute Gasteiger partial charge is 0.441 e. The van der Waals surface area contributed by atoms with Crippen molar-refractivity contribution < 1.29 is 13.2 Å². The van der Waals surface area contributed by atoms with Gasteiger partial charge in [0.25, 0.3) is 0 Å². The van der Waals surface area contributed by atoms with Gasteiger partial charge < -0.3 is 5.32 Å². The first-order chi connectivity index (χ1) is 6.53. The van der Waals surface area contributed by atoms with Crippen LogP contribution in [-0.4, -0.2) is 48.4 Å². The first kappa shape index (κ1) is 12.1. The van der Waals surface area contributed by atoms with Gasteiger partial charge >= 0.3 is 5.51 Å². The van der Waals surface area contributed by atoms with Gasteiger partial charge in [-0.1, -0.05) is 6.92 Å². The third-order valence-electron chi connectivity index (χ3n) is 2.33. The van der Waals surface area contributed by atoms with Crippen molar-refractivity contribution in [2.24, 2.45) is 0 Å². The maximum atomic E-state index is 11.8. The topological polar surface area (TPSA) is 15.3 Å². The van der Waals surface area contributed by atoms with Crippen LogP contribution in [0.15, 0.2) is 0 Å². The smallest absolute Gasteiger partial charge is 0.314 e. The fraction of sp³-hybridized carbons (Fsp3) is 1.00. The van der Waals surface area contributed by atoms with Gasteiger partial charge in [0.2, 0.25) is 0 Å². The van der Waals surface area contributed by atoms with Crippen molar-refractivity contribution in [3.8, 4) is 0 Å². The van der Waals surface area contributed by atoms with E-state index >= 15 is 0 Å². The lowest BCUT2D eigenvalue weighted by molar-refractivity contribution is -0.0329. The summed E-state index contributed by atoms with van der Waals surface area (Å²) in [6.45, 7) is 5.14. The number of hydrogen-bond acceptors (Lipinski definition) is 3. The Morgan fingerprint density at radius 3 is 2.43 bits per heavy atom. The molecule has 0 bridgehead atoms. The van der Waals surface area contributed by atoms with Gasteiger partial charge in [-0.3, -0.25) is 4.90 Å². The van der Waals surface area contributed by atoms with Crippen molar-refractivity contribution in [3.63, 3.8) is 0 Å². The molecule has 1 aliphatic heterocycles. The summed E-state index contributed by atoms with van der Waals surface area (Å²) in [6, 6.07) is 0.439. The second-order valence-corrected chi connectivity index (χ2v) is 4.39. The standard InChI is InChI=1S/C8H15F3N2S/c1-2-13(7-5-12-6-7)3-4-14-8(9,10)11/h7,12H,2-6H2,1H3. The summed E-state index contributed by atoms with van der Waals surface area (Å²) in [7, 11) is 0. The number of rotatable bonds is 5. The van der Waals surface area contributed by atoms with Crippen LogP contribution >= 0.6 is 11.8 Å². The molecule has 84 valence electrons. The molecule has 6 heteroatoms. The predicted molar refractivity (Wildman–Crippen MR) is 52.4 cm³/mol. The van der Waals surface area contributed by atoms with E-state index in [1.807, 2.05) is 6.92 Å². The van der Waals surface area contributed by atoms with E-state index in [4.69, 9.17) is 0 Å². The first-order valence-corrected chi connectivity index (χ1v) is 5.67. The molecule has 1 N–H and O–H groups in total. The maximum Gasteiger partial charge on any atom is 0.441 e. The molecule has 1 rings (SSSR count). The summed E-state index contributed by atoms with van der Waals surface area (Å²) in [5, 5.41) is 3.11. The molecule has 0 amide bonds. The molecule has 1 aliphatic rings. The molecule has 2 nitrogen and oxygen atoms in total. The van der Waals surface area contributed by atoms with Gasteiger partial charge in [-0.2, -0.15) is 13.2 Å². The molecule has 1 saturated heterocycles. The Labute approximate surface area is 86.2 Å². The molecule has 0 unspecified atom stereocenters. The number of nitrogens with one attached hydrogen (secondary N) is 1. The fourth-order valence-electron chi connectivity index (χ4n) is 1.41. The van der Waals surface area contributed by atoms with Crippen LogP contribution in [-0.2, 0) is 0 Å². The Morgan fingerprint density at radius 2 is 2.07 bits per heavy atom. The molecule has 0 aliphatic carbocycles. The van der Waals surface area contributed by atoms with Crippen LogP contribution in [0.2, 0.25) is 0 Å². The van der Waals surface area contributed by atoms with E-state index in [1.54, 1.807) is 0 Å². The summed E-state index contributed by atoms with van der Waals surface area (Å²) in [5.41, 5.74) is -4.09. The number of likely N-dealkylation sites (N-methyl/N-ethyl adjacent to an activating group) is 1. The van der Waals surface area contributed by atoms with Crippen molar-refractivity contribution in [1.29, 1.82) is 0 Å². The predicted octanol–water partition coefficient (Wildman–Crippen LogP) is 1.53. The quantitative estimate of drug-likeness (QED) is 0.768. The lowest BCUT2D eigenvalue weighted by atomic mass is 10.1. The molecule has 1 fully saturated rings. The van der Waals surface area contributed by atoms with Gasteiger partial charge in [-0.15, -0.1) is 0 Å². The summed E-state index contributed by atoms with van der Waals surface area (Å²) in [4.78, 5) is 2.09.